The van der Waals surface area contributed by atoms with E-state index in [1.165, 1.54) is 13.0 Å². The Morgan fingerprint density at radius 1 is 1.50 bits per heavy atom. The molecule has 0 aliphatic heterocycles. The Balaban J connectivity index is 3.28. The molecule has 1 rings (SSSR count). The number of ketones is 1. The van der Waals surface area contributed by atoms with Crippen molar-refractivity contribution in [3.63, 3.8) is 0 Å². The molecule has 0 saturated carbocycles. The lowest BCUT2D eigenvalue weighted by Gasteiger charge is -2.11. The number of Topliss-reactive ketones (excluding diaryl/α,β-unsaturated/α-hetero) is 1. The van der Waals surface area contributed by atoms with Gasteiger partial charge in [0, 0.05) is 5.88 Å². The molecule has 16 heavy (non-hydrogen) atoms. The molecule has 5 heteroatoms. The second-order valence-electron chi connectivity index (χ2n) is 3.33. The number of hydrogen-bond donors (Lipinski definition) is 1. The Hall–Kier alpha value is -0.870. The van der Waals surface area contributed by atoms with Gasteiger partial charge < -0.3 is 5.11 Å². The summed E-state index contributed by atoms with van der Waals surface area (Å²) in [5.74, 6) is -0.957. The summed E-state index contributed by atoms with van der Waals surface area (Å²) >= 11 is 8.80. The Morgan fingerprint density at radius 3 is 2.56 bits per heavy atom. The van der Waals surface area contributed by atoms with Gasteiger partial charge in [0.05, 0.1) is 10.4 Å². The number of carbonyl (C=O) groups is 2. The van der Waals surface area contributed by atoms with Crippen LogP contribution in [-0.2, 0) is 10.7 Å². The van der Waals surface area contributed by atoms with Gasteiger partial charge in [-0.3, -0.25) is 4.79 Å². The number of hydrogen-bond acceptors (Lipinski definition) is 2. The van der Waals surface area contributed by atoms with E-state index in [0.29, 0.717) is 11.1 Å². The van der Waals surface area contributed by atoms with Crippen LogP contribution in [0.5, 0.6) is 0 Å². The standard InChI is InChI=1S/C11H10BrClO3/c1-6(14)10(12)8-3-2-7(5-13)4-9(8)11(15)16/h2-4,10H,5H2,1H3,(H,15,16). The van der Waals surface area contributed by atoms with E-state index >= 15 is 0 Å². The third kappa shape index (κ3) is 2.83. The molecule has 1 aromatic rings. The first kappa shape index (κ1) is 13.2. The Morgan fingerprint density at radius 2 is 2.12 bits per heavy atom. The molecular weight excluding hydrogens is 295 g/mol. The van der Waals surface area contributed by atoms with Crippen LogP contribution in [-0.4, -0.2) is 16.9 Å². The van der Waals surface area contributed by atoms with E-state index < -0.39 is 10.8 Å². The van der Waals surface area contributed by atoms with Crippen LogP contribution in [0.3, 0.4) is 0 Å². The average Bonchev–Trinajstić information content (AvgIpc) is 2.26. The topological polar surface area (TPSA) is 54.4 Å². The molecule has 1 unspecified atom stereocenters. The number of aromatic carboxylic acids is 1. The van der Waals surface area contributed by atoms with E-state index in [0.717, 1.165) is 0 Å². The normalized spacial score (nSPS) is 12.2. The largest absolute Gasteiger partial charge is 0.478 e. The van der Waals surface area contributed by atoms with Crippen molar-refractivity contribution < 1.29 is 14.7 Å². The number of benzene rings is 1. The highest BCUT2D eigenvalue weighted by molar-refractivity contribution is 9.09. The molecule has 0 aliphatic rings. The molecule has 0 bridgehead atoms. The fraction of sp³-hybridized carbons (Fsp3) is 0.273. The smallest absolute Gasteiger partial charge is 0.336 e. The van der Waals surface area contributed by atoms with Crippen LogP contribution in [0.2, 0.25) is 0 Å². The highest BCUT2D eigenvalue weighted by atomic mass is 79.9. The summed E-state index contributed by atoms with van der Waals surface area (Å²) in [6, 6.07) is 4.82. The molecule has 0 amide bonds. The maximum absolute atomic E-state index is 11.2. The van der Waals surface area contributed by atoms with Gasteiger partial charge in [0.1, 0.15) is 5.78 Å². The minimum atomic E-state index is -1.06. The van der Waals surface area contributed by atoms with Crippen LogP contribution in [0.25, 0.3) is 0 Å². The monoisotopic (exact) mass is 304 g/mol. The summed E-state index contributed by atoms with van der Waals surface area (Å²) in [7, 11) is 0. The van der Waals surface area contributed by atoms with Crippen LogP contribution in [0.4, 0.5) is 0 Å². The van der Waals surface area contributed by atoms with E-state index in [2.05, 4.69) is 15.9 Å². The number of carbonyl (C=O) groups excluding carboxylic acids is 1. The third-order valence-electron chi connectivity index (χ3n) is 2.13. The summed E-state index contributed by atoms with van der Waals surface area (Å²) < 4.78 is 0. The lowest BCUT2D eigenvalue weighted by Crippen LogP contribution is -2.09. The van der Waals surface area contributed by atoms with Gasteiger partial charge in [0.15, 0.2) is 0 Å². The number of rotatable bonds is 4. The lowest BCUT2D eigenvalue weighted by molar-refractivity contribution is -0.116. The van der Waals surface area contributed by atoms with Gasteiger partial charge in [-0.15, -0.1) is 11.6 Å². The van der Waals surface area contributed by atoms with Crippen molar-refractivity contribution in [3.8, 4) is 0 Å². The molecular formula is C11H10BrClO3. The van der Waals surface area contributed by atoms with E-state index in [4.69, 9.17) is 16.7 Å². The average molecular weight is 306 g/mol. The van der Waals surface area contributed by atoms with Gasteiger partial charge in [-0.2, -0.15) is 0 Å². The molecule has 0 heterocycles. The van der Waals surface area contributed by atoms with Gasteiger partial charge in [0.2, 0.25) is 0 Å². The first-order chi connectivity index (χ1) is 7.47. The number of carboxylic acid groups (broad SMARTS) is 1. The zero-order valence-corrected chi connectivity index (χ0v) is 10.9. The van der Waals surface area contributed by atoms with Gasteiger partial charge in [-0.05, 0) is 24.1 Å². The van der Waals surface area contributed by atoms with Crippen molar-refractivity contribution in [2.75, 3.05) is 0 Å². The van der Waals surface area contributed by atoms with Gasteiger partial charge >= 0.3 is 5.97 Å². The second kappa shape index (κ2) is 5.46. The highest BCUT2D eigenvalue weighted by Crippen LogP contribution is 2.28. The van der Waals surface area contributed by atoms with Crippen molar-refractivity contribution in [1.29, 1.82) is 0 Å². The van der Waals surface area contributed by atoms with Crippen LogP contribution >= 0.6 is 27.5 Å². The quantitative estimate of drug-likeness (QED) is 0.869. The molecule has 1 aromatic carbocycles. The fourth-order valence-corrected chi connectivity index (χ4v) is 1.88. The summed E-state index contributed by atoms with van der Waals surface area (Å²) in [5.41, 5.74) is 1.27. The Bertz CT molecular complexity index is 431. The Kier molecular flexibility index (Phi) is 4.50. The zero-order chi connectivity index (χ0) is 12.3. The molecule has 86 valence electrons. The predicted octanol–water partition coefficient (Wildman–Crippen LogP) is 3.15. The predicted molar refractivity (Wildman–Crippen MR) is 65.3 cm³/mol. The fourth-order valence-electron chi connectivity index (χ4n) is 1.31. The highest BCUT2D eigenvalue weighted by Gasteiger charge is 2.20. The van der Waals surface area contributed by atoms with Crippen molar-refractivity contribution >= 4 is 39.3 Å². The summed E-state index contributed by atoms with van der Waals surface area (Å²) in [4.78, 5) is 21.7. The maximum atomic E-state index is 11.2. The molecule has 1 N–H and O–H groups in total. The summed E-state index contributed by atoms with van der Waals surface area (Å²) in [6.45, 7) is 1.40. The van der Waals surface area contributed by atoms with Gasteiger partial charge in [0.25, 0.3) is 0 Å². The first-order valence-corrected chi connectivity index (χ1v) is 5.99. The molecule has 3 nitrogen and oxygen atoms in total. The van der Waals surface area contributed by atoms with Gasteiger partial charge in [-0.1, -0.05) is 28.1 Å². The van der Waals surface area contributed by atoms with E-state index in [-0.39, 0.29) is 17.2 Å². The first-order valence-electron chi connectivity index (χ1n) is 4.54. The van der Waals surface area contributed by atoms with Crippen LogP contribution in [0, 0.1) is 0 Å². The van der Waals surface area contributed by atoms with E-state index in [1.54, 1.807) is 12.1 Å². The van der Waals surface area contributed by atoms with Gasteiger partial charge in [-0.25, -0.2) is 4.79 Å². The molecule has 1 atom stereocenters. The number of carboxylic acids is 1. The summed E-state index contributed by atoms with van der Waals surface area (Å²) in [5, 5.41) is 9.04. The van der Waals surface area contributed by atoms with E-state index in [9.17, 15) is 9.59 Å². The molecule has 0 aromatic heterocycles. The van der Waals surface area contributed by atoms with Crippen molar-refractivity contribution in [2.45, 2.75) is 17.6 Å². The van der Waals surface area contributed by atoms with Crippen molar-refractivity contribution in [2.24, 2.45) is 0 Å². The Labute approximate surface area is 107 Å². The SMILES string of the molecule is CC(=O)C(Br)c1ccc(CCl)cc1C(=O)O. The third-order valence-corrected chi connectivity index (χ3v) is 3.58. The lowest BCUT2D eigenvalue weighted by atomic mass is 10.0. The molecule has 0 aliphatic carbocycles. The number of alkyl halides is 2. The van der Waals surface area contributed by atoms with Crippen molar-refractivity contribution in [1.82, 2.24) is 0 Å². The second-order valence-corrected chi connectivity index (χ2v) is 4.52. The minimum Gasteiger partial charge on any atom is -0.478 e. The maximum Gasteiger partial charge on any atom is 0.336 e. The minimum absolute atomic E-state index is 0.107. The zero-order valence-electron chi connectivity index (χ0n) is 8.54. The molecule has 0 radical (unpaired) electrons. The molecule has 0 spiro atoms. The van der Waals surface area contributed by atoms with E-state index in [1.807, 2.05) is 0 Å². The van der Waals surface area contributed by atoms with Crippen LogP contribution < -0.4 is 0 Å². The molecule has 0 saturated heterocycles. The van der Waals surface area contributed by atoms with Crippen LogP contribution in [0.15, 0.2) is 18.2 Å². The van der Waals surface area contributed by atoms with Crippen molar-refractivity contribution in [3.05, 3.63) is 34.9 Å². The van der Waals surface area contributed by atoms with Crippen LogP contribution in [0.1, 0.15) is 33.2 Å². The number of halogens is 2. The summed E-state index contributed by atoms with van der Waals surface area (Å²) in [6.07, 6.45) is 0. The molecule has 0 fully saturated rings.